The molecular weight excluding hydrogens is 146 g/mol. The van der Waals surface area contributed by atoms with Crippen molar-refractivity contribution in [1.29, 1.82) is 0 Å². The standard InChI is InChI=1S/C11H25N/c1-5-8-11(9-6-2)10-12(4)7-3/h11H,5-10H2,1-4H3. The molecule has 0 aliphatic carbocycles. The smallest absolute Gasteiger partial charge is 0.000649 e. The molecule has 0 unspecified atom stereocenters. The highest BCUT2D eigenvalue weighted by Crippen LogP contribution is 2.14. The summed E-state index contributed by atoms with van der Waals surface area (Å²) in [5, 5.41) is 0. The van der Waals surface area contributed by atoms with E-state index >= 15 is 0 Å². The third-order valence-electron chi connectivity index (χ3n) is 2.50. The van der Waals surface area contributed by atoms with E-state index in [9.17, 15) is 0 Å². The van der Waals surface area contributed by atoms with Crippen molar-refractivity contribution in [1.82, 2.24) is 4.90 Å². The molecule has 1 heteroatoms. The van der Waals surface area contributed by atoms with E-state index in [4.69, 9.17) is 0 Å². The highest BCUT2D eigenvalue weighted by atomic mass is 15.1. The summed E-state index contributed by atoms with van der Waals surface area (Å²) in [6.45, 7) is 9.28. The van der Waals surface area contributed by atoms with Crippen LogP contribution in [-0.4, -0.2) is 25.0 Å². The third-order valence-corrected chi connectivity index (χ3v) is 2.50. The summed E-state index contributed by atoms with van der Waals surface area (Å²) < 4.78 is 0. The van der Waals surface area contributed by atoms with Crippen molar-refractivity contribution < 1.29 is 0 Å². The largest absolute Gasteiger partial charge is 0.306 e. The topological polar surface area (TPSA) is 3.24 Å². The van der Waals surface area contributed by atoms with Crippen LogP contribution in [0.3, 0.4) is 0 Å². The zero-order valence-electron chi connectivity index (χ0n) is 9.27. The zero-order valence-corrected chi connectivity index (χ0v) is 9.27. The van der Waals surface area contributed by atoms with E-state index in [0.717, 1.165) is 5.92 Å². The van der Waals surface area contributed by atoms with Crippen LogP contribution in [0.4, 0.5) is 0 Å². The second-order valence-corrected chi connectivity index (χ2v) is 3.80. The Morgan fingerprint density at radius 1 is 1.00 bits per heavy atom. The van der Waals surface area contributed by atoms with Crippen molar-refractivity contribution in [3.05, 3.63) is 0 Å². The van der Waals surface area contributed by atoms with Gasteiger partial charge in [0.25, 0.3) is 0 Å². The van der Waals surface area contributed by atoms with Crippen molar-refractivity contribution >= 4 is 0 Å². The van der Waals surface area contributed by atoms with Crippen molar-refractivity contribution in [2.75, 3.05) is 20.1 Å². The first-order chi connectivity index (χ1) is 5.74. The fourth-order valence-electron chi connectivity index (χ4n) is 1.71. The molecule has 0 fully saturated rings. The number of hydrogen-bond donors (Lipinski definition) is 0. The van der Waals surface area contributed by atoms with Crippen LogP contribution in [0, 0.1) is 5.92 Å². The molecule has 0 aromatic rings. The molecule has 0 amide bonds. The monoisotopic (exact) mass is 171 g/mol. The zero-order chi connectivity index (χ0) is 9.40. The molecule has 0 aromatic heterocycles. The van der Waals surface area contributed by atoms with Gasteiger partial charge in [0.1, 0.15) is 0 Å². The van der Waals surface area contributed by atoms with Gasteiger partial charge in [-0.2, -0.15) is 0 Å². The number of nitrogens with zero attached hydrogens (tertiary/aromatic N) is 1. The van der Waals surface area contributed by atoms with Gasteiger partial charge in [-0.25, -0.2) is 0 Å². The van der Waals surface area contributed by atoms with Gasteiger partial charge < -0.3 is 4.90 Å². The molecule has 0 radical (unpaired) electrons. The quantitative estimate of drug-likeness (QED) is 0.569. The Morgan fingerprint density at radius 3 is 1.83 bits per heavy atom. The van der Waals surface area contributed by atoms with Crippen molar-refractivity contribution in [2.24, 2.45) is 5.92 Å². The van der Waals surface area contributed by atoms with Gasteiger partial charge in [0, 0.05) is 6.54 Å². The lowest BCUT2D eigenvalue weighted by molar-refractivity contribution is 0.266. The second kappa shape index (κ2) is 7.60. The lowest BCUT2D eigenvalue weighted by Crippen LogP contribution is -2.25. The lowest BCUT2D eigenvalue weighted by Gasteiger charge is -2.22. The van der Waals surface area contributed by atoms with E-state index in [1.165, 1.54) is 38.8 Å². The fourth-order valence-corrected chi connectivity index (χ4v) is 1.71. The molecule has 0 saturated carbocycles. The summed E-state index contributed by atoms with van der Waals surface area (Å²) in [5.41, 5.74) is 0. The van der Waals surface area contributed by atoms with Crippen LogP contribution < -0.4 is 0 Å². The minimum absolute atomic E-state index is 0.935. The molecule has 0 rings (SSSR count). The van der Waals surface area contributed by atoms with Crippen molar-refractivity contribution in [3.8, 4) is 0 Å². The number of hydrogen-bond acceptors (Lipinski definition) is 1. The molecule has 74 valence electrons. The maximum Gasteiger partial charge on any atom is 0.000649 e. The van der Waals surface area contributed by atoms with Gasteiger partial charge in [-0.3, -0.25) is 0 Å². The Labute approximate surface area is 78.1 Å². The molecular formula is C11H25N. The first-order valence-corrected chi connectivity index (χ1v) is 5.43. The first-order valence-electron chi connectivity index (χ1n) is 5.43. The minimum Gasteiger partial charge on any atom is -0.306 e. The highest BCUT2D eigenvalue weighted by molar-refractivity contribution is 4.62. The SMILES string of the molecule is CCCC(CCC)CN(C)CC. The van der Waals surface area contributed by atoms with Crippen LogP contribution in [0.2, 0.25) is 0 Å². The summed E-state index contributed by atoms with van der Waals surface area (Å²) in [6.07, 6.45) is 5.47. The maximum absolute atomic E-state index is 2.43. The normalized spacial score (nSPS) is 11.5. The molecule has 0 saturated heterocycles. The van der Waals surface area contributed by atoms with E-state index in [2.05, 4.69) is 32.7 Å². The van der Waals surface area contributed by atoms with E-state index in [-0.39, 0.29) is 0 Å². The summed E-state index contributed by atoms with van der Waals surface area (Å²) >= 11 is 0. The van der Waals surface area contributed by atoms with Gasteiger partial charge in [0.05, 0.1) is 0 Å². The summed E-state index contributed by atoms with van der Waals surface area (Å²) in [6, 6.07) is 0. The summed E-state index contributed by atoms with van der Waals surface area (Å²) in [4.78, 5) is 2.43. The maximum atomic E-state index is 2.43. The van der Waals surface area contributed by atoms with Gasteiger partial charge in [-0.05, 0) is 32.4 Å². The molecule has 0 aliphatic heterocycles. The molecule has 0 aliphatic rings. The Hall–Kier alpha value is -0.0400. The average Bonchev–Trinajstić information content (AvgIpc) is 2.05. The molecule has 0 spiro atoms. The van der Waals surface area contributed by atoms with E-state index < -0.39 is 0 Å². The molecule has 0 aromatic carbocycles. The predicted molar refractivity (Wildman–Crippen MR) is 56.5 cm³/mol. The van der Waals surface area contributed by atoms with Gasteiger partial charge in [0.15, 0.2) is 0 Å². The molecule has 0 heterocycles. The summed E-state index contributed by atoms with van der Waals surface area (Å²) in [7, 11) is 2.22. The molecule has 0 N–H and O–H groups in total. The predicted octanol–water partition coefficient (Wildman–Crippen LogP) is 3.15. The lowest BCUT2D eigenvalue weighted by atomic mass is 9.98. The summed E-state index contributed by atoms with van der Waals surface area (Å²) in [5.74, 6) is 0.935. The van der Waals surface area contributed by atoms with Crippen LogP contribution >= 0.6 is 0 Å². The van der Waals surface area contributed by atoms with Crippen molar-refractivity contribution in [3.63, 3.8) is 0 Å². The van der Waals surface area contributed by atoms with E-state index in [1.54, 1.807) is 0 Å². The van der Waals surface area contributed by atoms with Gasteiger partial charge in [-0.1, -0.05) is 33.6 Å². The van der Waals surface area contributed by atoms with E-state index in [0.29, 0.717) is 0 Å². The Balaban J connectivity index is 3.61. The highest BCUT2D eigenvalue weighted by Gasteiger charge is 2.08. The fraction of sp³-hybridized carbons (Fsp3) is 1.00. The average molecular weight is 171 g/mol. The van der Waals surface area contributed by atoms with E-state index in [1.807, 2.05) is 0 Å². The van der Waals surface area contributed by atoms with Crippen LogP contribution in [0.15, 0.2) is 0 Å². The van der Waals surface area contributed by atoms with Gasteiger partial charge >= 0.3 is 0 Å². The Morgan fingerprint density at radius 2 is 1.50 bits per heavy atom. The first kappa shape index (κ1) is 12.0. The third kappa shape index (κ3) is 5.59. The second-order valence-electron chi connectivity index (χ2n) is 3.80. The van der Waals surface area contributed by atoms with Crippen LogP contribution in [0.1, 0.15) is 46.5 Å². The molecule has 0 bridgehead atoms. The van der Waals surface area contributed by atoms with Crippen LogP contribution in [0.5, 0.6) is 0 Å². The molecule has 12 heavy (non-hydrogen) atoms. The molecule has 0 atom stereocenters. The molecule has 1 nitrogen and oxygen atoms in total. The van der Waals surface area contributed by atoms with Crippen molar-refractivity contribution in [2.45, 2.75) is 46.5 Å². The Kier molecular flexibility index (Phi) is 7.58. The van der Waals surface area contributed by atoms with Gasteiger partial charge in [0.2, 0.25) is 0 Å². The minimum atomic E-state index is 0.935. The van der Waals surface area contributed by atoms with Crippen LogP contribution in [-0.2, 0) is 0 Å². The van der Waals surface area contributed by atoms with Crippen LogP contribution in [0.25, 0.3) is 0 Å². The number of rotatable bonds is 7. The van der Waals surface area contributed by atoms with Gasteiger partial charge in [-0.15, -0.1) is 0 Å². The Bertz CT molecular complexity index is 85.0.